The second kappa shape index (κ2) is 10.7. The third kappa shape index (κ3) is 6.61. The van der Waals surface area contributed by atoms with E-state index in [1.165, 1.54) is 12.5 Å². The van der Waals surface area contributed by atoms with Gasteiger partial charge in [-0.15, -0.1) is 0 Å². The van der Waals surface area contributed by atoms with Crippen LogP contribution >= 0.6 is 22.6 Å². The SMILES string of the molecule is Cc1cc(C(=O)c2cncnc2N[C@@H]2C[C@H](COS(N)(=O)=O)[C@@H](O)C2)nn1Cc1cccc(I)c1. The molecule has 0 spiro atoms. The third-order valence-corrected chi connectivity index (χ3v) is 6.97. The normalized spacial score (nSPS) is 20.2. The molecule has 186 valence electrons. The standard InChI is InChI=1S/C22H25IN6O5S/c1-13-5-19(28-29(13)10-14-3-2-4-16(23)6-14)21(31)18-9-25-12-26-22(18)27-17-7-15(20(30)8-17)11-34-35(24,32)33/h2-6,9,12,15,17,20,30H,7-8,10-11H2,1H3,(H2,24,32,33)(H,25,26,27)/t15-,17-,20+/m1/s1. The third-order valence-electron chi connectivity index (χ3n) is 5.84. The van der Waals surface area contributed by atoms with E-state index in [1.54, 1.807) is 10.7 Å². The number of anilines is 1. The lowest BCUT2D eigenvalue weighted by Gasteiger charge is -2.15. The van der Waals surface area contributed by atoms with Crippen molar-refractivity contribution in [2.75, 3.05) is 11.9 Å². The summed E-state index contributed by atoms with van der Waals surface area (Å²) in [6.45, 7) is 2.21. The Labute approximate surface area is 216 Å². The van der Waals surface area contributed by atoms with Gasteiger partial charge in [0.15, 0.2) is 0 Å². The summed E-state index contributed by atoms with van der Waals surface area (Å²) < 4.78 is 29.7. The smallest absolute Gasteiger partial charge is 0.333 e. The molecule has 1 aliphatic carbocycles. The molecule has 11 nitrogen and oxygen atoms in total. The van der Waals surface area contributed by atoms with E-state index in [2.05, 4.69) is 53.2 Å². The summed E-state index contributed by atoms with van der Waals surface area (Å²) in [6, 6.07) is 9.54. The average Bonchev–Trinajstić information content (AvgIpc) is 3.33. The molecule has 0 bridgehead atoms. The van der Waals surface area contributed by atoms with Crippen molar-refractivity contribution in [1.82, 2.24) is 19.7 Å². The highest BCUT2D eigenvalue weighted by Crippen LogP contribution is 2.30. The van der Waals surface area contributed by atoms with Gasteiger partial charge in [-0.2, -0.15) is 13.5 Å². The number of nitrogens with zero attached hydrogens (tertiary/aromatic N) is 4. The van der Waals surface area contributed by atoms with Crippen molar-refractivity contribution in [3.63, 3.8) is 0 Å². The molecule has 0 unspecified atom stereocenters. The quantitative estimate of drug-likeness (QED) is 0.241. The summed E-state index contributed by atoms with van der Waals surface area (Å²) in [4.78, 5) is 21.5. The van der Waals surface area contributed by atoms with Crippen LogP contribution in [-0.4, -0.2) is 57.8 Å². The number of nitrogens with two attached hydrogens (primary N) is 1. The van der Waals surface area contributed by atoms with Crippen molar-refractivity contribution in [2.24, 2.45) is 11.1 Å². The van der Waals surface area contributed by atoms with E-state index in [9.17, 15) is 18.3 Å². The zero-order chi connectivity index (χ0) is 25.2. The number of hydrogen-bond acceptors (Lipinski definition) is 9. The molecule has 1 aliphatic rings. The van der Waals surface area contributed by atoms with Gasteiger partial charge in [-0.3, -0.25) is 13.7 Å². The van der Waals surface area contributed by atoms with E-state index >= 15 is 0 Å². The number of nitrogens with one attached hydrogen (secondary N) is 1. The second-order valence-electron chi connectivity index (χ2n) is 8.49. The van der Waals surface area contributed by atoms with E-state index in [4.69, 9.17) is 5.14 Å². The molecule has 3 atom stereocenters. The highest BCUT2D eigenvalue weighted by atomic mass is 127. The Morgan fingerprint density at radius 3 is 2.89 bits per heavy atom. The number of carbonyl (C=O) groups is 1. The molecule has 4 rings (SSSR count). The Morgan fingerprint density at radius 2 is 2.14 bits per heavy atom. The summed E-state index contributed by atoms with van der Waals surface area (Å²) in [5, 5.41) is 22.9. The molecular weight excluding hydrogens is 587 g/mol. The maximum absolute atomic E-state index is 13.3. The molecule has 1 aromatic carbocycles. The molecule has 13 heteroatoms. The number of aliphatic hydroxyl groups is 1. The van der Waals surface area contributed by atoms with Gasteiger partial charge < -0.3 is 10.4 Å². The fraction of sp³-hybridized carbons (Fsp3) is 0.364. The highest BCUT2D eigenvalue weighted by molar-refractivity contribution is 14.1. The summed E-state index contributed by atoms with van der Waals surface area (Å²) in [6.07, 6.45) is 2.72. The molecule has 2 aromatic heterocycles. The summed E-state index contributed by atoms with van der Waals surface area (Å²) in [5.74, 6) is -0.434. The van der Waals surface area contributed by atoms with Crippen LogP contribution in [0.25, 0.3) is 0 Å². The number of benzene rings is 1. The minimum atomic E-state index is -4.09. The average molecular weight is 612 g/mol. The summed E-state index contributed by atoms with van der Waals surface area (Å²) in [5.41, 5.74) is 2.45. The first kappa shape index (κ1) is 25.6. The van der Waals surface area contributed by atoms with Crippen molar-refractivity contribution < 1.29 is 22.5 Å². The molecule has 35 heavy (non-hydrogen) atoms. The van der Waals surface area contributed by atoms with Crippen LogP contribution in [0.4, 0.5) is 5.82 Å². The number of aryl methyl sites for hydroxylation is 1. The van der Waals surface area contributed by atoms with Gasteiger partial charge in [-0.25, -0.2) is 15.1 Å². The first-order valence-electron chi connectivity index (χ1n) is 10.8. The Hall–Kier alpha value is -2.46. The molecule has 4 N–H and O–H groups in total. The topological polar surface area (TPSA) is 162 Å². The van der Waals surface area contributed by atoms with E-state index in [0.29, 0.717) is 25.2 Å². The lowest BCUT2D eigenvalue weighted by Crippen LogP contribution is -2.24. The molecule has 0 saturated heterocycles. The highest BCUT2D eigenvalue weighted by Gasteiger charge is 2.35. The fourth-order valence-corrected chi connectivity index (χ4v) is 5.09. The second-order valence-corrected chi connectivity index (χ2v) is 11.0. The van der Waals surface area contributed by atoms with Crippen LogP contribution in [-0.2, 0) is 21.0 Å². The van der Waals surface area contributed by atoms with Crippen molar-refractivity contribution in [3.05, 3.63) is 68.9 Å². The zero-order valence-electron chi connectivity index (χ0n) is 18.8. The van der Waals surface area contributed by atoms with Crippen LogP contribution in [0.3, 0.4) is 0 Å². The number of carbonyl (C=O) groups excluding carboxylic acids is 1. The Kier molecular flexibility index (Phi) is 7.80. The van der Waals surface area contributed by atoms with Gasteiger partial charge in [-0.1, -0.05) is 12.1 Å². The summed E-state index contributed by atoms with van der Waals surface area (Å²) in [7, 11) is -4.09. The van der Waals surface area contributed by atoms with Crippen LogP contribution in [0.2, 0.25) is 0 Å². The Morgan fingerprint density at radius 1 is 1.34 bits per heavy atom. The maximum Gasteiger partial charge on any atom is 0.333 e. The van der Waals surface area contributed by atoms with E-state index in [1.807, 2.05) is 25.1 Å². The van der Waals surface area contributed by atoms with Crippen LogP contribution in [0.5, 0.6) is 0 Å². The first-order chi connectivity index (χ1) is 16.6. The number of halogens is 1. The lowest BCUT2D eigenvalue weighted by molar-refractivity contribution is 0.101. The minimum absolute atomic E-state index is 0.217. The molecule has 0 radical (unpaired) electrons. The maximum atomic E-state index is 13.3. The van der Waals surface area contributed by atoms with Crippen LogP contribution in [0, 0.1) is 16.4 Å². The summed E-state index contributed by atoms with van der Waals surface area (Å²) >= 11 is 2.25. The van der Waals surface area contributed by atoms with Gasteiger partial charge in [0, 0.05) is 27.4 Å². The zero-order valence-corrected chi connectivity index (χ0v) is 21.8. The van der Waals surface area contributed by atoms with Gasteiger partial charge in [0.05, 0.1) is 24.8 Å². The van der Waals surface area contributed by atoms with Crippen molar-refractivity contribution in [2.45, 2.75) is 38.5 Å². The molecule has 0 amide bonds. The van der Waals surface area contributed by atoms with Gasteiger partial charge >= 0.3 is 10.3 Å². The van der Waals surface area contributed by atoms with E-state index < -0.39 is 22.3 Å². The van der Waals surface area contributed by atoms with E-state index in [-0.39, 0.29) is 29.7 Å². The lowest BCUT2D eigenvalue weighted by atomic mass is 10.1. The van der Waals surface area contributed by atoms with E-state index in [0.717, 1.165) is 14.8 Å². The number of hydrogen-bond donors (Lipinski definition) is 3. The molecule has 0 aliphatic heterocycles. The molecule has 2 heterocycles. The number of rotatable bonds is 9. The Bertz CT molecular complexity index is 1330. The number of aliphatic hydroxyl groups excluding tert-OH is 1. The van der Waals surface area contributed by atoms with Gasteiger partial charge in [0.2, 0.25) is 5.78 Å². The molecule has 3 aromatic rings. The first-order valence-corrected chi connectivity index (χ1v) is 13.4. The predicted octanol–water partition coefficient (Wildman–Crippen LogP) is 1.64. The van der Waals surface area contributed by atoms with Crippen LogP contribution in [0.15, 0.2) is 42.9 Å². The van der Waals surface area contributed by atoms with Crippen molar-refractivity contribution in [1.29, 1.82) is 0 Å². The predicted molar refractivity (Wildman–Crippen MR) is 136 cm³/mol. The fourth-order valence-electron chi connectivity index (χ4n) is 4.11. The number of aromatic nitrogens is 4. The molecule has 1 saturated carbocycles. The van der Waals surface area contributed by atoms with Gasteiger partial charge in [0.1, 0.15) is 17.8 Å². The number of ketones is 1. The van der Waals surface area contributed by atoms with Gasteiger partial charge in [-0.05, 0) is 66.1 Å². The van der Waals surface area contributed by atoms with Crippen molar-refractivity contribution >= 4 is 44.5 Å². The monoisotopic (exact) mass is 612 g/mol. The van der Waals surface area contributed by atoms with Crippen LogP contribution in [0.1, 0.15) is 40.2 Å². The largest absolute Gasteiger partial charge is 0.393 e. The minimum Gasteiger partial charge on any atom is -0.393 e. The van der Waals surface area contributed by atoms with Crippen molar-refractivity contribution in [3.8, 4) is 0 Å². The Balaban J connectivity index is 1.48. The molecule has 1 fully saturated rings. The molecular formula is C22H25IN6O5S. The van der Waals surface area contributed by atoms with Crippen LogP contribution < -0.4 is 10.5 Å². The van der Waals surface area contributed by atoms with Gasteiger partial charge in [0.25, 0.3) is 0 Å².